The Labute approximate surface area is 116 Å². The van der Waals surface area contributed by atoms with E-state index in [2.05, 4.69) is 4.90 Å². The molecule has 19 heavy (non-hydrogen) atoms. The zero-order chi connectivity index (χ0) is 13.7. The molecule has 0 unspecified atom stereocenters. The van der Waals surface area contributed by atoms with E-state index in [1.165, 1.54) is 12.8 Å². The van der Waals surface area contributed by atoms with Crippen LogP contribution < -0.4 is 0 Å². The quantitative estimate of drug-likeness (QED) is 0.803. The third kappa shape index (κ3) is 4.96. The first-order valence-electron chi connectivity index (χ1n) is 7.03. The molecule has 106 valence electrons. The second-order valence-corrected chi connectivity index (χ2v) is 7.66. The van der Waals surface area contributed by atoms with E-state index >= 15 is 0 Å². The molecule has 0 bridgehead atoms. The maximum Gasteiger partial charge on any atom is 0.154 e. The molecule has 0 spiro atoms. The lowest BCUT2D eigenvalue weighted by Crippen LogP contribution is -2.23. The Morgan fingerprint density at radius 3 is 2.37 bits per heavy atom. The van der Waals surface area contributed by atoms with Gasteiger partial charge in [-0.3, -0.25) is 0 Å². The molecule has 1 aliphatic heterocycles. The molecule has 1 saturated heterocycles. The first kappa shape index (κ1) is 14.5. The molecule has 1 aromatic carbocycles. The van der Waals surface area contributed by atoms with Crippen LogP contribution in [0.5, 0.6) is 0 Å². The van der Waals surface area contributed by atoms with Crippen molar-refractivity contribution >= 4 is 9.84 Å². The molecule has 2 rings (SSSR count). The van der Waals surface area contributed by atoms with Crippen molar-refractivity contribution in [2.45, 2.75) is 31.9 Å². The van der Waals surface area contributed by atoms with Gasteiger partial charge in [-0.15, -0.1) is 0 Å². The summed E-state index contributed by atoms with van der Waals surface area (Å²) in [4.78, 5) is 2.36. The molecule has 3 nitrogen and oxygen atoms in total. The average molecular weight is 281 g/mol. The van der Waals surface area contributed by atoms with Gasteiger partial charge in [-0.25, -0.2) is 8.42 Å². The fraction of sp³-hybridized carbons (Fsp3) is 0.600. The van der Waals surface area contributed by atoms with Gasteiger partial charge in [-0.05, 0) is 51.4 Å². The maximum absolute atomic E-state index is 12.0. The molecule has 1 fully saturated rings. The van der Waals surface area contributed by atoms with E-state index in [1.807, 2.05) is 31.2 Å². The smallest absolute Gasteiger partial charge is 0.154 e. The molecular weight excluding hydrogens is 258 g/mol. The third-order valence-corrected chi connectivity index (χ3v) is 5.32. The Morgan fingerprint density at radius 1 is 1.11 bits per heavy atom. The Bertz CT molecular complexity index is 487. The van der Waals surface area contributed by atoms with Crippen LogP contribution in [0.2, 0.25) is 0 Å². The molecule has 0 radical (unpaired) electrons. The van der Waals surface area contributed by atoms with Crippen LogP contribution >= 0.6 is 0 Å². The summed E-state index contributed by atoms with van der Waals surface area (Å²) in [5, 5.41) is 0. The van der Waals surface area contributed by atoms with Gasteiger partial charge >= 0.3 is 0 Å². The highest BCUT2D eigenvalue weighted by Crippen LogP contribution is 2.11. The zero-order valence-electron chi connectivity index (χ0n) is 11.6. The van der Waals surface area contributed by atoms with E-state index in [4.69, 9.17) is 0 Å². The Hall–Kier alpha value is -0.870. The van der Waals surface area contributed by atoms with E-state index in [-0.39, 0.29) is 5.75 Å². The van der Waals surface area contributed by atoms with Gasteiger partial charge in [0, 0.05) is 0 Å². The molecule has 0 aliphatic carbocycles. The van der Waals surface area contributed by atoms with E-state index in [0.29, 0.717) is 5.75 Å². The number of hydrogen-bond donors (Lipinski definition) is 0. The second kappa shape index (κ2) is 6.53. The van der Waals surface area contributed by atoms with Gasteiger partial charge in [0.05, 0.1) is 11.5 Å². The average Bonchev–Trinajstić information content (AvgIpc) is 2.85. The number of hydrogen-bond acceptors (Lipinski definition) is 3. The highest BCUT2D eigenvalue weighted by molar-refractivity contribution is 7.90. The van der Waals surface area contributed by atoms with Crippen molar-refractivity contribution in [3.63, 3.8) is 0 Å². The van der Waals surface area contributed by atoms with Gasteiger partial charge < -0.3 is 4.90 Å². The zero-order valence-corrected chi connectivity index (χ0v) is 12.5. The lowest BCUT2D eigenvalue weighted by atomic mass is 10.2. The van der Waals surface area contributed by atoms with E-state index < -0.39 is 9.84 Å². The van der Waals surface area contributed by atoms with Crippen molar-refractivity contribution in [2.24, 2.45) is 0 Å². The fourth-order valence-electron chi connectivity index (χ4n) is 2.52. The molecular formula is C15H23NO2S. The van der Waals surface area contributed by atoms with Crippen molar-refractivity contribution < 1.29 is 8.42 Å². The van der Waals surface area contributed by atoms with Crippen LogP contribution in [0.4, 0.5) is 0 Å². The molecule has 4 heteroatoms. The van der Waals surface area contributed by atoms with Crippen LogP contribution in [0.25, 0.3) is 0 Å². The van der Waals surface area contributed by atoms with E-state index in [0.717, 1.165) is 37.2 Å². The van der Waals surface area contributed by atoms with Crippen molar-refractivity contribution in [3.05, 3.63) is 35.4 Å². The van der Waals surface area contributed by atoms with Gasteiger partial charge in [-0.1, -0.05) is 29.8 Å². The third-order valence-electron chi connectivity index (χ3n) is 3.64. The first-order chi connectivity index (χ1) is 9.05. The van der Waals surface area contributed by atoms with Crippen molar-refractivity contribution in [3.8, 4) is 0 Å². The fourth-order valence-corrected chi connectivity index (χ4v) is 3.94. The number of benzene rings is 1. The summed E-state index contributed by atoms with van der Waals surface area (Å²) in [5.41, 5.74) is 2.06. The molecule has 1 aromatic rings. The molecule has 1 aliphatic rings. The summed E-state index contributed by atoms with van der Waals surface area (Å²) in [5.74, 6) is 0.477. The highest BCUT2D eigenvalue weighted by Gasteiger charge is 2.15. The molecule has 0 atom stereocenters. The van der Waals surface area contributed by atoms with Gasteiger partial charge in [0.15, 0.2) is 9.84 Å². The Kier molecular flexibility index (Phi) is 4.99. The number of nitrogens with zero attached hydrogens (tertiary/aromatic N) is 1. The highest BCUT2D eigenvalue weighted by atomic mass is 32.2. The van der Waals surface area contributed by atoms with E-state index in [9.17, 15) is 8.42 Å². The Balaban J connectivity index is 1.79. The van der Waals surface area contributed by atoms with Crippen LogP contribution in [-0.4, -0.2) is 38.7 Å². The molecule has 0 saturated carbocycles. The SMILES string of the molecule is Cc1ccc(CS(=O)(=O)CCCN2CCCC2)cc1. The Morgan fingerprint density at radius 2 is 1.74 bits per heavy atom. The molecule has 0 aromatic heterocycles. The number of sulfone groups is 1. The summed E-state index contributed by atoms with van der Waals surface area (Å²) in [7, 11) is -2.97. The van der Waals surface area contributed by atoms with Gasteiger partial charge in [0.1, 0.15) is 0 Å². The summed E-state index contributed by atoms with van der Waals surface area (Å²) >= 11 is 0. The number of aryl methyl sites for hydroxylation is 1. The lowest BCUT2D eigenvalue weighted by molar-refractivity contribution is 0.340. The molecule has 0 amide bonds. The van der Waals surface area contributed by atoms with Crippen molar-refractivity contribution in [1.82, 2.24) is 4.90 Å². The van der Waals surface area contributed by atoms with Crippen molar-refractivity contribution in [2.75, 3.05) is 25.4 Å². The topological polar surface area (TPSA) is 37.4 Å². The minimum atomic E-state index is -2.97. The number of likely N-dealkylation sites (tertiary alicyclic amines) is 1. The monoisotopic (exact) mass is 281 g/mol. The second-order valence-electron chi connectivity index (χ2n) is 5.48. The van der Waals surface area contributed by atoms with E-state index in [1.54, 1.807) is 0 Å². The van der Waals surface area contributed by atoms with Gasteiger partial charge in [0.25, 0.3) is 0 Å². The van der Waals surface area contributed by atoms with Crippen LogP contribution in [0.3, 0.4) is 0 Å². The largest absolute Gasteiger partial charge is 0.303 e. The summed E-state index contributed by atoms with van der Waals surface area (Å²) in [6.45, 7) is 5.21. The summed E-state index contributed by atoms with van der Waals surface area (Å²) < 4.78 is 24.1. The predicted molar refractivity (Wildman–Crippen MR) is 79.0 cm³/mol. The van der Waals surface area contributed by atoms with Crippen LogP contribution in [0, 0.1) is 6.92 Å². The van der Waals surface area contributed by atoms with Gasteiger partial charge in [-0.2, -0.15) is 0 Å². The molecule has 0 N–H and O–H groups in total. The minimum absolute atomic E-state index is 0.174. The normalized spacial score (nSPS) is 16.9. The lowest BCUT2D eigenvalue weighted by Gasteiger charge is -2.14. The van der Waals surface area contributed by atoms with Gasteiger partial charge in [0.2, 0.25) is 0 Å². The van der Waals surface area contributed by atoms with Crippen LogP contribution in [-0.2, 0) is 15.6 Å². The predicted octanol–water partition coefficient (Wildman–Crippen LogP) is 2.40. The first-order valence-corrected chi connectivity index (χ1v) is 8.86. The number of rotatable bonds is 6. The maximum atomic E-state index is 12.0. The molecule has 1 heterocycles. The standard InChI is InChI=1S/C15H23NO2S/c1-14-5-7-15(8-6-14)13-19(17,18)12-4-11-16-9-2-3-10-16/h5-8H,2-4,9-13H2,1H3. The minimum Gasteiger partial charge on any atom is -0.303 e. The van der Waals surface area contributed by atoms with Crippen LogP contribution in [0.15, 0.2) is 24.3 Å². The summed E-state index contributed by atoms with van der Waals surface area (Å²) in [6, 6.07) is 7.75. The van der Waals surface area contributed by atoms with Crippen LogP contribution in [0.1, 0.15) is 30.4 Å². The van der Waals surface area contributed by atoms with Crippen molar-refractivity contribution in [1.29, 1.82) is 0 Å². The summed E-state index contributed by atoms with van der Waals surface area (Å²) in [6.07, 6.45) is 3.28.